The van der Waals surface area contributed by atoms with E-state index in [1.54, 1.807) is 6.08 Å². The van der Waals surface area contributed by atoms with Gasteiger partial charge in [-0.25, -0.2) is 0 Å². The second kappa shape index (κ2) is 5.17. The molecule has 14 heavy (non-hydrogen) atoms. The molecule has 1 aromatic rings. The molecule has 1 N–H and O–H groups in total. The lowest BCUT2D eigenvalue weighted by molar-refractivity contribution is 0.0958. The molecule has 1 heterocycles. The summed E-state index contributed by atoms with van der Waals surface area (Å²) in [5.74, 6) is -0.102. The van der Waals surface area contributed by atoms with Gasteiger partial charge in [0.05, 0.1) is 5.02 Å². The van der Waals surface area contributed by atoms with Gasteiger partial charge in [-0.3, -0.25) is 4.79 Å². The van der Waals surface area contributed by atoms with Crippen molar-refractivity contribution in [3.05, 3.63) is 33.5 Å². The molecule has 0 aromatic carbocycles. The molecule has 1 rings (SSSR count). The van der Waals surface area contributed by atoms with Gasteiger partial charge in [-0.15, -0.1) is 17.9 Å². The van der Waals surface area contributed by atoms with E-state index in [2.05, 4.69) is 11.9 Å². The second-order valence-corrected chi connectivity index (χ2v) is 4.15. The van der Waals surface area contributed by atoms with E-state index in [0.29, 0.717) is 16.4 Å². The third-order valence-electron chi connectivity index (χ3n) is 1.74. The Kier molecular flexibility index (Phi) is 4.17. The number of hydrogen-bond acceptors (Lipinski definition) is 2. The molecular weight excluding hydrogens is 218 g/mol. The highest BCUT2D eigenvalue weighted by atomic mass is 35.5. The van der Waals surface area contributed by atoms with Crippen molar-refractivity contribution in [1.29, 1.82) is 0 Å². The zero-order valence-corrected chi connectivity index (χ0v) is 9.54. The molecule has 4 heteroatoms. The van der Waals surface area contributed by atoms with E-state index in [1.807, 2.05) is 12.3 Å². The lowest BCUT2D eigenvalue weighted by Crippen LogP contribution is -2.23. The number of hydrogen-bond donors (Lipinski definition) is 1. The summed E-state index contributed by atoms with van der Waals surface area (Å²) in [6, 6.07) is 0. The summed E-state index contributed by atoms with van der Waals surface area (Å²) in [5.41, 5.74) is 0.950. The summed E-state index contributed by atoms with van der Waals surface area (Å²) in [7, 11) is 0. The van der Waals surface area contributed by atoms with Gasteiger partial charge < -0.3 is 5.32 Å². The molecular formula is C10H12ClNOS. The maximum absolute atomic E-state index is 11.5. The number of halogens is 1. The number of nitrogens with one attached hydrogen (secondary N) is 1. The van der Waals surface area contributed by atoms with Gasteiger partial charge in [0.1, 0.15) is 4.88 Å². The first-order valence-corrected chi connectivity index (χ1v) is 5.55. The Morgan fingerprint density at radius 2 is 2.50 bits per heavy atom. The summed E-state index contributed by atoms with van der Waals surface area (Å²) >= 11 is 7.32. The lowest BCUT2D eigenvalue weighted by atomic mass is 10.3. The van der Waals surface area contributed by atoms with Gasteiger partial charge in [0.25, 0.3) is 5.91 Å². The van der Waals surface area contributed by atoms with Crippen LogP contribution in [0.4, 0.5) is 0 Å². The fourth-order valence-electron chi connectivity index (χ4n) is 0.951. The van der Waals surface area contributed by atoms with Crippen molar-refractivity contribution in [3.8, 4) is 0 Å². The molecule has 1 aromatic heterocycles. The first kappa shape index (κ1) is 11.3. The van der Waals surface area contributed by atoms with Gasteiger partial charge in [-0.1, -0.05) is 17.7 Å². The molecule has 0 aliphatic rings. The molecule has 2 nitrogen and oxygen atoms in total. The molecule has 0 saturated heterocycles. The molecule has 0 aliphatic carbocycles. The maximum atomic E-state index is 11.5. The van der Waals surface area contributed by atoms with Crippen LogP contribution in [0.15, 0.2) is 18.0 Å². The van der Waals surface area contributed by atoms with Crippen LogP contribution in [0.5, 0.6) is 0 Å². The van der Waals surface area contributed by atoms with Gasteiger partial charge in [0.15, 0.2) is 0 Å². The number of carbonyl (C=O) groups excluding carboxylic acids is 1. The molecule has 0 aliphatic heterocycles. The van der Waals surface area contributed by atoms with E-state index in [0.717, 1.165) is 12.0 Å². The highest BCUT2D eigenvalue weighted by molar-refractivity contribution is 7.13. The number of aryl methyl sites for hydroxylation is 1. The number of amides is 1. The fourth-order valence-corrected chi connectivity index (χ4v) is 2.15. The minimum absolute atomic E-state index is 0.102. The third kappa shape index (κ3) is 2.59. The quantitative estimate of drug-likeness (QED) is 0.624. The molecule has 0 fully saturated rings. The van der Waals surface area contributed by atoms with Crippen LogP contribution in [0.1, 0.15) is 21.7 Å². The van der Waals surface area contributed by atoms with Crippen LogP contribution in [-0.2, 0) is 0 Å². The Bertz CT molecular complexity index is 346. The maximum Gasteiger partial charge on any atom is 0.262 e. The van der Waals surface area contributed by atoms with Crippen LogP contribution in [0.25, 0.3) is 0 Å². The van der Waals surface area contributed by atoms with E-state index in [-0.39, 0.29) is 5.91 Å². The Morgan fingerprint density at radius 3 is 3.00 bits per heavy atom. The summed E-state index contributed by atoms with van der Waals surface area (Å²) < 4.78 is 0. The van der Waals surface area contributed by atoms with Crippen molar-refractivity contribution in [2.24, 2.45) is 0 Å². The summed E-state index contributed by atoms with van der Waals surface area (Å²) in [6.45, 7) is 6.07. The number of rotatable bonds is 4. The Hall–Kier alpha value is -0.800. The second-order valence-electron chi connectivity index (χ2n) is 2.90. The van der Waals surface area contributed by atoms with E-state index in [4.69, 9.17) is 11.6 Å². The highest BCUT2D eigenvalue weighted by Gasteiger charge is 2.13. The van der Waals surface area contributed by atoms with Crippen LogP contribution >= 0.6 is 22.9 Å². The SMILES string of the molecule is C=CCCNC(=O)c1scc(C)c1Cl. The van der Waals surface area contributed by atoms with Crippen LogP contribution in [0, 0.1) is 6.92 Å². The van der Waals surface area contributed by atoms with Crippen LogP contribution < -0.4 is 5.32 Å². The van der Waals surface area contributed by atoms with Crippen LogP contribution in [0.3, 0.4) is 0 Å². The summed E-state index contributed by atoms with van der Waals surface area (Å²) in [6.07, 6.45) is 2.54. The van der Waals surface area contributed by atoms with Crippen LogP contribution in [-0.4, -0.2) is 12.5 Å². The standard InChI is InChI=1S/C10H12ClNOS/c1-3-4-5-12-10(13)9-8(11)7(2)6-14-9/h3,6H,1,4-5H2,2H3,(H,12,13). The monoisotopic (exact) mass is 229 g/mol. The number of carbonyl (C=O) groups is 1. The van der Waals surface area contributed by atoms with E-state index < -0.39 is 0 Å². The molecule has 0 atom stereocenters. The predicted molar refractivity (Wildman–Crippen MR) is 61.2 cm³/mol. The molecule has 0 unspecified atom stereocenters. The van der Waals surface area contributed by atoms with Gasteiger partial charge in [0.2, 0.25) is 0 Å². The van der Waals surface area contributed by atoms with Crippen molar-refractivity contribution in [1.82, 2.24) is 5.32 Å². The van der Waals surface area contributed by atoms with Crippen molar-refractivity contribution in [2.75, 3.05) is 6.54 Å². The zero-order valence-electron chi connectivity index (χ0n) is 7.97. The number of thiophene rings is 1. The predicted octanol–water partition coefficient (Wildman–Crippen LogP) is 3.02. The summed E-state index contributed by atoms with van der Waals surface area (Å²) in [5, 5.41) is 5.21. The normalized spacial score (nSPS) is 9.86. The van der Waals surface area contributed by atoms with Gasteiger partial charge in [0, 0.05) is 6.54 Å². The largest absolute Gasteiger partial charge is 0.351 e. The first-order chi connectivity index (χ1) is 6.66. The molecule has 76 valence electrons. The van der Waals surface area contributed by atoms with Crippen molar-refractivity contribution in [2.45, 2.75) is 13.3 Å². The van der Waals surface area contributed by atoms with Gasteiger partial charge in [-0.2, -0.15) is 0 Å². The van der Waals surface area contributed by atoms with Crippen LogP contribution in [0.2, 0.25) is 5.02 Å². The highest BCUT2D eigenvalue weighted by Crippen LogP contribution is 2.26. The molecule has 1 amide bonds. The van der Waals surface area contributed by atoms with E-state index in [1.165, 1.54) is 11.3 Å². The summed E-state index contributed by atoms with van der Waals surface area (Å²) in [4.78, 5) is 12.1. The van der Waals surface area contributed by atoms with Crippen molar-refractivity contribution >= 4 is 28.8 Å². The Balaban J connectivity index is 2.61. The van der Waals surface area contributed by atoms with Crippen molar-refractivity contribution in [3.63, 3.8) is 0 Å². The Morgan fingerprint density at radius 1 is 1.79 bits per heavy atom. The van der Waals surface area contributed by atoms with E-state index >= 15 is 0 Å². The first-order valence-electron chi connectivity index (χ1n) is 4.29. The molecule has 0 radical (unpaired) electrons. The average molecular weight is 230 g/mol. The third-order valence-corrected chi connectivity index (χ3v) is 3.44. The topological polar surface area (TPSA) is 29.1 Å². The molecule has 0 spiro atoms. The van der Waals surface area contributed by atoms with Gasteiger partial charge >= 0.3 is 0 Å². The minimum atomic E-state index is -0.102. The Labute approximate surface area is 92.6 Å². The van der Waals surface area contributed by atoms with Crippen molar-refractivity contribution < 1.29 is 4.79 Å². The fraction of sp³-hybridized carbons (Fsp3) is 0.300. The zero-order chi connectivity index (χ0) is 10.6. The molecule has 0 bridgehead atoms. The lowest BCUT2D eigenvalue weighted by Gasteiger charge is -2.01. The van der Waals surface area contributed by atoms with Gasteiger partial charge in [-0.05, 0) is 24.3 Å². The van der Waals surface area contributed by atoms with E-state index in [9.17, 15) is 4.79 Å². The molecule has 0 saturated carbocycles. The minimum Gasteiger partial charge on any atom is -0.351 e. The smallest absolute Gasteiger partial charge is 0.262 e. The average Bonchev–Trinajstić information content (AvgIpc) is 2.48.